The van der Waals surface area contributed by atoms with E-state index in [1.165, 1.54) is 0 Å². The van der Waals surface area contributed by atoms with Crippen LogP contribution in [0.4, 0.5) is 5.69 Å². The summed E-state index contributed by atoms with van der Waals surface area (Å²) in [5.74, 6) is 0.0452. The summed E-state index contributed by atoms with van der Waals surface area (Å²) >= 11 is 0. The highest BCUT2D eigenvalue weighted by atomic mass is 16.1. The van der Waals surface area contributed by atoms with E-state index < -0.39 is 0 Å². The summed E-state index contributed by atoms with van der Waals surface area (Å²) in [5, 5.41) is 9.75. The second-order valence-electron chi connectivity index (χ2n) is 4.70. The number of nitrogens with zero attached hydrogens (tertiary/aromatic N) is 1. The first-order valence-electron chi connectivity index (χ1n) is 6.89. The van der Waals surface area contributed by atoms with Gasteiger partial charge in [-0.25, -0.2) is 0 Å². The van der Waals surface area contributed by atoms with Gasteiger partial charge in [0.2, 0.25) is 5.91 Å². The lowest BCUT2D eigenvalue weighted by Crippen LogP contribution is -2.11. The van der Waals surface area contributed by atoms with E-state index in [1.807, 2.05) is 30.3 Å². The lowest BCUT2D eigenvalue weighted by Gasteiger charge is -2.06. The normalized spacial score (nSPS) is 10.4. The van der Waals surface area contributed by atoms with Crippen LogP contribution in [0.2, 0.25) is 0 Å². The number of rotatable bonds is 7. The molecule has 1 heterocycles. The average Bonchev–Trinajstić information content (AvgIpc) is 2.98. The summed E-state index contributed by atoms with van der Waals surface area (Å²) in [4.78, 5) is 11.8. The highest BCUT2D eigenvalue weighted by molar-refractivity contribution is 5.91. The summed E-state index contributed by atoms with van der Waals surface area (Å²) in [6.07, 6.45) is 5.09. The van der Waals surface area contributed by atoms with Gasteiger partial charge in [-0.1, -0.05) is 18.6 Å². The molecule has 20 heavy (non-hydrogen) atoms. The van der Waals surface area contributed by atoms with Crippen LogP contribution in [-0.4, -0.2) is 22.6 Å². The number of amides is 1. The molecule has 4 N–H and O–H groups in total. The predicted octanol–water partition coefficient (Wildman–Crippen LogP) is 2.53. The maximum absolute atomic E-state index is 11.8. The Labute approximate surface area is 118 Å². The highest BCUT2D eigenvalue weighted by Gasteiger charge is 2.04. The minimum atomic E-state index is 0.0452. The summed E-state index contributed by atoms with van der Waals surface area (Å²) < 4.78 is 0. The van der Waals surface area contributed by atoms with Crippen LogP contribution >= 0.6 is 0 Å². The van der Waals surface area contributed by atoms with Crippen molar-refractivity contribution < 1.29 is 4.79 Å². The maximum atomic E-state index is 11.8. The van der Waals surface area contributed by atoms with Crippen molar-refractivity contribution >= 4 is 11.6 Å². The fourth-order valence-corrected chi connectivity index (χ4v) is 2.01. The largest absolute Gasteiger partial charge is 0.330 e. The van der Waals surface area contributed by atoms with Gasteiger partial charge in [-0.15, -0.1) is 0 Å². The van der Waals surface area contributed by atoms with Gasteiger partial charge in [0.15, 0.2) is 0 Å². The van der Waals surface area contributed by atoms with Gasteiger partial charge in [-0.3, -0.25) is 9.89 Å². The molecule has 106 valence electrons. The quantitative estimate of drug-likeness (QED) is 0.677. The minimum Gasteiger partial charge on any atom is -0.330 e. The fourth-order valence-electron chi connectivity index (χ4n) is 2.01. The van der Waals surface area contributed by atoms with Crippen molar-refractivity contribution in [2.75, 3.05) is 11.9 Å². The number of carbonyl (C=O) groups excluding carboxylic acids is 1. The topological polar surface area (TPSA) is 83.8 Å². The molecule has 5 heteroatoms. The van der Waals surface area contributed by atoms with Crippen molar-refractivity contribution in [3.63, 3.8) is 0 Å². The first kappa shape index (κ1) is 14.3. The molecule has 0 spiro atoms. The maximum Gasteiger partial charge on any atom is 0.224 e. The van der Waals surface area contributed by atoms with Crippen molar-refractivity contribution in [2.24, 2.45) is 5.73 Å². The summed E-state index contributed by atoms with van der Waals surface area (Å²) in [6, 6.07) is 9.61. The molecule has 0 unspecified atom stereocenters. The van der Waals surface area contributed by atoms with E-state index in [4.69, 9.17) is 5.73 Å². The van der Waals surface area contributed by atoms with Crippen molar-refractivity contribution in [1.82, 2.24) is 10.2 Å². The van der Waals surface area contributed by atoms with E-state index >= 15 is 0 Å². The van der Waals surface area contributed by atoms with Gasteiger partial charge in [0.1, 0.15) is 0 Å². The number of hydrogen-bond donors (Lipinski definition) is 3. The van der Waals surface area contributed by atoms with Crippen molar-refractivity contribution in [3.8, 4) is 11.3 Å². The number of H-pyrrole nitrogens is 1. The molecule has 1 aromatic carbocycles. The molecule has 0 atom stereocenters. The van der Waals surface area contributed by atoms with Crippen molar-refractivity contribution in [1.29, 1.82) is 0 Å². The third kappa shape index (κ3) is 4.20. The number of benzene rings is 1. The van der Waals surface area contributed by atoms with Gasteiger partial charge in [-0.05, 0) is 37.6 Å². The van der Waals surface area contributed by atoms with Gasteiger partial charge in [-0.2, -0.15) is 5.10 Å². The van der Waals surface area contributed by atoms with E-state index in [-0.39, 0.29) is 5.91 Å². The van der Waals surface area contributed by atoms with Gasteiger partial charge >= 0.3 is 0 Å². The van der Waals surface area contributed by atoms with E-state index in [2.05, 4.69) is 15.5 Å². The summed E-state index contributed by atoms with van der Waals surface area (Å²) in [6.45, 7) is 0.688. The van der Waals surface area contributed by atoms with Gasteiger partial charge in [0, 0.05) is 23.9 Å². The molecule has 0 fully saturated rings. The number of carbonyl (C=O) groups is 1. The molecule has 0 bridgehead atoms. The van der Waals surface area contributed by atoms with Crippen LogP contribution in [0.1, 0.15) is 25.7 Å². The average molecular weight is 272 g/mol. The van der Waals surface area contributed by atoms with Crippen LogP contribution in [-0.2, 0) is 4.79 Å². The van der Waals surface area contributed by atoms with Crippen molar-refractivity contribution in [3.05, 3.63) is 36.5 Å². The highest BCUT2D eigenvalue weighted by Crippen LogP contribution is 2.20. The van der Waals surface area contributed by atoms with E-state index in [0.717, 1.165) is 36.2 Å². The fraction of sp³-hybridized carbons (Fsp3) is 0.333. The number of unbranched alkanes of at least 4 members (excludes halogenated alkanes) is 2. The van der Waals surface area contributed by atoms with Gasteiger partial charge < -0.3 is 11.1 Å². The molecule has 0 saturated heterocycles. The molecule has 0 radical (unpaired) electrons. The molecular weight excluding hydrogens is 252 g/mol. The van der Waals surface area contributed by atoms with E-state index in [0.29, 0.717) is 13.0 Å². The van der Waals surface area contributed by atoms with Gasteiger partial charge in [0.05, 0.1) is 5.69 Å². The summed E-state index contributed by atoms with van der Waals surface area (Å²) in [5.41, 5.74) is 8.17. The Morgan fingerprint density at radius 2 is 2.15 bits per heavy atom. The zero-order valence-corrected chi connectivity index (χ0v) is 11.4. The zero-order chi connectivity index (χ0) is 14.2. The number of aromatic amines is 1. The minimum absolute atomic E-state index is 0.0452. The van der Waals surface area contributed by atoms with Gasteiger partial charge in [0.25, 0.3) is 0 Å². The second kappa shape index (κ2) is 7.45. The number of anilines is 1. The molecule has 0 aliphatic rings. The van der Waals surface area contributed by atoms with Crippen LogP contribution in [0.5, 0.6) is 0 Å². The molecule has 2 rings (SSSR count). The number of hydrogen-bond acceptors (Lipinski definition) is 3. The van der Waals surface area contributed by atoms with E-state index in [9.17, 15) is 4.79 Å². The Bertz CT molecular complexity index is 537. The van der Waals surface area contributed by atoms with Crippen LogP contribution < -0.4 is 11.1 Å². The van der Waals surface area contributed by atoms with E-state index in [1.54, 1.807) is 6.20 Å². The second-order valence-corrected chi connectivity index (χ2v) is 4.70. The third-order valence-electron chi connectivity index (χ3n) is 3.07. The van der Waals surface area contributed by atoms with Crippen LogP contribution in [0.3, 0.4) is 0 Å². The molecule has 1 aromatic heterocycles. The molecule has 1 amide bonds. The lowest BCUT2D eigenvalue weighted by molar-refractivity contribution is -0.116. The Kier molecular flexibility index (Phi) is 5.32. The molecule has 0 aliphatic carbocycles. The summed E-state index contributed by atoms with van der Waals surface area (Å²) in [7, 11) is 0. The monoisotopic (exact) mass is 272 g/mol. The molecule has 2 aromatic rings. The predicted molar refractivity (Wildman–Crippen MR) is 80.2 cm³/mol. The Morgan fingerprint density at radius 1 is 1.25 bits per heavy atom. The first-order valence-corrected chi connectivity index (χ1v) is 6.89. The van der Waals surface area contributed by atoms with Crippen molar-refractivity contribution in [2.45, 2.75) is 25.7 Å². The molecule has 0 saturated carbocycles. The van der Waals surface area contributed by atoms with Crippen LogP contribution in [0, 0.1) is 0 Å². The molecule has 5 nitrogen and oxygen atoms in total. The first-order chi connectivity index (χ1) is 9.79. The Morgan fingerprint density at radius 3 is 2.90 bits per heavy atom. The number of aromatic nitrogens is 2. The third-order valence-corrected chi connectivity index (χ3v) is 3.07. The number of nitrogens with two attached hydrogens (primary N) is 1. The lowest BCUT2D eigenvalue weighted by atomic mass is 10.1. The Balaban J connectivity index is 1.90. The smallest absolute Gasteiger partial charge is 0.224 e. The molecule has 0 aliphatic heterocycles. The van der Waals surface area contributed by atoms with Crippen LogP contribution in [0.25, 0.3) is 11.3 Å². The Hall–Kier alpha value is -2.14. The zero-order valence-electron chi connectivity index (χ0n) is 11.4. The molecular formula is C15H20N4O. The standard InChI is InChI=1S/C15H20N4O/c16-9-3-1-2-7-15(20)18-13-6-4-5-12(11-13)14-8-10-17-19-14/h4-6,8,10-11H,1-3,7,9,16H2,(H,17,19)(H,18,20). The number of nitrogens with one attached hydrogen (secondary N) is 2. The SMILES string of the molecule is NCCCCCC(=O)Nc1cccc(-c2ccn[nH]2)c1. The van der Waals surface area contributed by atoms with Crippen LogP contribution in [0.15, 0.2) is 36.5 Å².